The zero-order chi connectivity index (χ0) is 19.5. The smallest absolute Gasteiger partial charge is 0.306 e. The van der Waals surface area contributed by atoms with Gasteiger partial charge in [-0.15, -0.1) is 0 Å². The normalized spacial score (nSPS) is 12.0. The molecule has 0 rings (SSSR count). The Labute approximate surface area is 161 Å². The van der Waals surface area contributed by atoms with E-state index in [9.17, 15) is 9.59 Å². The van der Waals surface area contributed by atoms with Gasteiger partial charge < -0.3 is 9.47 Å². The van der Waals surface area contributed by atoms with E-state index in [0.717, 1.165) is 32.1 Å². The summed E-state index contributed by atoms with van der Waals surface area (Å²) in [6.07, 6.45) is 15.5. The number of ether oxygens (including phenoxy) is 2. The molecule has 0 aromatic rings. The molecule has 1 atom stereocenters. The molecule has 0 aliphatic heterocycles. The molecule has 154 valence electrons. The number of rotatable bonds is 18. The maximum atomic E-state index is 11.7. The summed E-state index contributed by atoms with van der Waals surface area (Å²) in [5, 5.41) is 0. The first-order chi connectivity index (χ1) is 12.6. The Kier molecular flexibility index (Phi) is 18.0. The summed E-state index contributed by atoms with van der Waals surface area (Å²) in [7, 11) is 0. The first-order valence-corrected chi connectivity index (χ1v) is 11.0. The van der Waals surface area contributed by atoms with E-state index in [2.05, 4.69) is 13.8 Å². The largest absolute Gasteiger partial charge is 0.466 e. The van der Waals surface area contributed by atoms with Crippen LogP contribution in [0.3, 0.4) is 0 Å². The molecule has 0 bridgehead atoms. The molecule has 0 N–H and O–H groups in total. The number of esters is 2. The van der Waals surface area contributed by atoms with Gasteiger partial charge >= 0.3 is 11.9 Å². The van der Waals surface area contributed by atoms with Gasteiger partial charge in [-0.05, 0) is 19.3 Å². The van der Waals surface area contributed by atoms with Crippen molar-refractivity contribution in [3.8, 4) is 0 Å². The van der Waals surface area contributed by atoms with Gasteiger partial charge in [0.05, 0.1) is 19.4 Å². The van der Waals surface area contributed by atoms with E-state index in [4.69, 9.17) is 9.47 Å². The highest BCUT2D eigenvalue weighted by Gasteiger charge is 2.13. The first-order valence-electron chi connectivity index (χ1n) is 11.0. The van der Waals surface area contributed by atoms with Crippen molar-refractivity contribution < 1.29 is 19.1 Å². The Balaban J connectivity index is 3.45. The lowest BCUT2D eigenvalue weighted by Crippen LogP contribution is -2.18. The van der Waals surface area contributed by atoms with Crippen LogP contribution in [0.25, 0.3) is 0 Å². The van der Waals surface area contributed by atoms with Gasteiger partial charge in [0, 0.05) is 0 Å². The maximum absolute atomic E-state index is 11.7. The fourth-order valence-electron chi connectivity index (χ4n) is 2.96. The standard InChI is InChI=1S/C22H42O4/c1-4-7-8-9-10-11-12-13-14-15-19-25-21(23)17-18-22(24)26-20(6-3)16-5-2/h20H,4-19H2,1-3H3. The van der Waals surface area contributed by atoms with Gasteiger partial charge in [-0.1, -0.05) is 85.0 Å². The molecule has 0 heterocycles. The number of hydrogen-bond acceptors (Lipinski definition) is 4. The Morgan fingerprint density at radius 3 is 1.77 bits per heavy atom. The van der Waals surface area contributed by atoms with Crippen LogP contribution in [0, 0.1) is 0 Å². The van der Waals surface area contributed by atoms with E-state index >= 15 is 0 Å². The zero-order valence-electron chi connectivity index (χ0n) is 17.5. The summed E-state index contributed by atoms with van der Waals surface area (Å²) in [4.78, 5) is 23.4. The van der Waals surface area contributed by atoms with Crippen molar-refractivity contribution in [1.82, 2.24) is 0 Å². The number of carbonyl (C=O) groups is 2. The summed E-state index contributed by atoms with van der Waals surface area (Å²) in [6.45, 7) is 6.79. The van der Waals surface area contributed by atoms with Gasteiger partial charge in [0.25, 0.3) is 0 Å². The van der Waals surface area contributed by atoms with Crippen molar-refractivity contribution in [3.63, 3.8) is 0 Å². The molecule has 0 aromatic heterocycles. The minimum Gasteiger partial charge on any atom is -0.466 e. The Morgan fingerprint density at radius 2 is 1.23 bits per heavy atom. The molecule has 0 saturated heterocycles. The quantitative estimate of drug-likeness (QED) is 0.208. The van der Waals surface area contributed by atoms with Gasteiger partial charge in [-0.2, -0.15) is 0 Å². The average Bonchev–Trinajstić information content (AvgIpc) is 2.64. The van der Waals surface area contributed by atoms with Crippen LogP contribution in [-0.4, -0.2) is 24.6 Å². The fourth-order valence-corrected chi connectivity index (χ4v) is 2.96. The summed E-state index contributed by atoms with van der Waals surface area (Å²) in [5.41, 5.74) is 0. The second kappa shape index (κ2) is 18.7. The predicted molar refractivity (Wildman–Crippen MR) is 107 cm³/mol. The van der Waals surface area contributed by atoms with Crippen molar-refractivity contribution in [1.29, 1.82) is 0 Å². The highest BCUT2D eigenvalue weighted by molar-refractivity contribution is 5.77. The molecule has 0 aromatic carbocycles. The average molecular weight is 371 g/mol. The number of carbonyl (C=O) groups excluding carboxylic acids is 2. The van der Waals surface area contributed by atoms with Crippen LogP contribution in [-0.2, 0) is 19.1 Å². The van der Waals surface area contributed by atoms with Crippen LogP contribution in [0.1, 0.15) is 117 Å². The van der Waals surface area contributed by atoms with E-state index in [1.807, 2.05) is 6.92 Å². The zero-order valence-corrected chi connectivity index (χ0v) is 17.5. The second-order valence-electron chi connectivity index (χ2n) is 7.21. The van der Waals surface area contributed by atoms with E-state index in [0.29, 0.717) is 6.61 Å². The Hall–Kier alpha value is -1.06. The van der Waals surface area contributed by atoms with Crippen LogP contribution < -0.4 is 0 Å². The second-order valence-corrected chi connectivity index (χ2v) is 7.21. The first kappa shape index (κ1) is 24.9. The Bertz CT molecular complexity index is 341. The predicted octanol–water partition coefficient (Wildman–Crippen LogP) is 6.35. The van der Waals surface area contributed by atoms with Crippen LogP contribution in [0.2, 0.25) is 0 Å². The maximum Gasteiger partial charge on any atom is 0.306 e. The van der Waals surface area contributed by atoms with Crippen LogP contribution in [0.5, 0.6) is 0 Å². The van der Waals surface area contributed by atoms with Gasteiger partial charge in [-0.3, -0.25) is 9.59 Å². The minimum atomic E-state index is -0.291. The lowest BCUT2D eigenvalue weighted by Gasteiger charge is -2.15. The van der Waals surface area contributed by atoms with Crippen molar-refractivity contribution >= 4 is 11.9 Å². The summed E-state index contributed by atoms with van der Waals surface area (Å²) in [6, 6.07) is 0. The molecule has 0 radical (unpaired) electrons. The summed E-state index contributed by atoms with van der Waals surface area (Å²) >= 11 is 0. The molecular weight excluding hydrogens is 328 g/mol. The molecule has 0 spiro atoms. The highest BCUT2D eigenvalue weighted by atomic mass is 16.5. The third kappa shape index (κ3) is 16.4. The topological polar surface area (TPSA) is 52.6 Å². The van der Waals surface area contributed by atoms with Crippen molar-refractivity contribution in [2.24, 2.45) is 0 Å². The third-order valence-corrected chi connectivity index (χ3v) is 4.66. The monoisotopic (exact) mass is 370 g/mol. The van der Waals surface area contributed by atoms with Gasteiger partial charge in [0.2, 0.25) is 0 Å². The molecule has 4 heteroatoms. The molecule has 0 aliphatic rings. The number of hydrogen-bond donors (Lipinski definition) is 0. The highest BCUT2D eigenvalue weighted by Crippen LogP contribution is 2.11. The van der Waals surface area contributed by atoms with Gasteiger partial charge in [0.15, 0.2) is 0 Å². The van der Waals surface area contributed by atoms with Crippen molar-refractivity contribution in [2.75, 3.05) is 6.61 Å². The molecule has 0 amide bonds. The van der Waals surface area contributed by atoms with E-state index in [1.165, 1.54) is 51.4 Å². The molecule has 0 saturated carbocycles. The van der Waals surface area contributed by atoms with Crippen LogP contribution in [0.15, 0.2) is 0 Å². The van der Waals surface area contributed by atoms with E-state index in [1.54, 1.807) is 0 Å². The molecule has 0 fully saturated rings. The number of unbranched alkanes of at least 4 members (excludes halogenated alkanes) is 9. The van der Waals surface area contributed by atoms with Gasteiger partial charge in [0.1, 0.15) is 6.10 Å². The minimum absolute atomic E-state index is 0.0184. The lowest BCUT2D eigenvalue weighted by atomic mass is 10.1. The molecule has 4 nitrogen and oxygen atoms in total. The van der Waals surface area contributed by atoms with Crippen molar-refractivity contribution in [2.45, 2.75) is 123 Å². The van der Waals surface area contributed by atoms with Crippen molar-refractivity contribution in [3.05, 3.63) is 0 Å². The molecular formula is C22H42O4. The van der Waals surface area contributed by atoms with Gasteiger partial charge in [-0.25, -0.2) is 0 Å². The van der Waals surface area contributed by atoms with E-state index in [-0.39, 0.29) is 30.9 Å². The molecule has 26 heavy (non-hydrogen) atoms. The van der Waals surface area contributed by atoms with Crippen LogP contribution >= 0.6 is 0 Å². The van der Waals surface area contributed by atoms with E-state index < -0.39 is 0 Å². The lowest BCUT2D eigenvalue weighted by molar-refractivity contribution is -0.154. The molecule has 1 unspecified atom stereocenters. The fraction of sp³-hybridized carbons (Fsp3) is 0.909. The summed E-state index contributed by atoms with van der Waals surface area (Å²) in [5.74, 6) is -0.581. The molecule has 0 aliphatic carbocycles. The van der Waals surface area contributed by atoms with Crippen LogP contribution in [0.4, 0.5) is 0 Å². The SMILES string of the molecule is CCCCCCCCCCCCOC(=O)CCC(=O)OC(CC)CCC. The Morgan fingerprint density at radius 1 is 0.692 bits per heavy atom. The third-order valence-electron chi connectivity index (χ3n) is 4.66. The summed E-state index contributed by atoms with van der Waals surface area (Å²) < 4.78 is 10.6.